The molecule has 0 saturated heterocycles. The molecule has 0 heterocycles. The zero-order valence-electron chi connectivity index (χ0n) is 14.4. The van der Waals surface area contributed by atoms with E-state index in [1.54, 1.807) is 0 Å². The van der Waals surface area contributed by atoms with E-state index in [2.05, 4.69) is 109 Å². The van der Waals surface area contributed by atoms with Crippen LogP contribution in [0.5, 0.6) is 0 Å². The van der Waals surface area contributed by atoms with Crippen molar-refractivity contribution in [1.82, 2.24) is 0 Å². The summed E-state index contributed by atoms with van der Waals surface area (Å²) in [6.45, 7) is 4.36. The molecular formula is C24H19Br. The van der Waals surface area contributed by atoms with Crippen LogP contribution >= 0.6 is 15.9 Å². The standard InChI is InChI=1S/C24H19Br/c1-16-5-3-4-6-23(16)24-15-21(8-7-17(24)2)18-9-10-20-14-22(25)12-11-19(20)13-18/h3-15H,1-2H3. The van der Waals surface area contributed by atoms with E-state index in [-0.39, 0.29) is 0 Å². The molecule has 0 aliphatic rings. The van der Waals surface area contributed by atoms with Crippen LogP contribution in [0, 0.1) is 13.8 Å². The largest absolute Gasteiger partial charge is 0.0620 e. The SMILES string of the molecule is Cc1ccccc1-c1cc(-c2ccc3cc(Br)ccc3c2)ccc1C. The molecule has 0 bridgehead atoms. The normalized spacial score (nSPS) is 11.0. The van der Waals surface area contributed by atoms with Crippen LogP contribution in [0.1, 0.15) is 11.1 Å². The number of halogens is 1. The van der Waals surface area contributed by atoms with Crippen molar-refractivity contribution in [2.75, 3.05) is 0 Å². The Morgan fingerprint density at radius 3 is 2.04 bits per heavy atom. The maximum atomic E-state index is 3.55. The Morgan fingerprint density at radius 2 is 1.20 bits per heavy atom. The van der Waals surface area contributed by atoms with Crippen molar-refractivity contribution in [3.8, 4) is 22.3 Å². The van der Waals surface area contributed by atoms with Crippen molar-refractivity contribution in [1.29, 1.82) is 0 Å². The van der Waals surface area contributed by atoms with Crippen molar-refractivity contribution >= 4 is 26.7 Å². The maximum Gasteiger partial charge on any atom is 0.0181 e. The molecule has 0 saturated carbocycles. The first-order chi connectivity index (χ1) is 12.1. The Hall–Kier alpha value is -2.38. The lowest BCUT2D eigenvalue weighted by molar-refractivity contribution is 1.41. The molecule has 0 amide bonds. The Kier molecular flexibility index (Phi) is 4.19. The van der Waals surface area contributed by atoms with Crippen LogP contribution in [0.15, 0.2) is 83.3 Å². The summed E-state index contributed by atoms with van der Waals surface area (Å²) in [6.07, 6.45) is 0. The summed E-state index contributed by atoms with van der Waals surface area (Å²) in [6, 6.07) is 28.5. The molecule has 0 spiro atoms. The minimum absolute atomic E-state index is 1.12. The third kappa shape index (κ3) is 3.12. The fraction of sp³-hybridized carbons (Fsp3) is 0.0833. The van der Waals surface area contributed by atoms with Crippen molar-refractivity contribution in [3.05, 3.63) is 94.5 Å². The lowest BCUT2D eigenvalue weighted by Gasteiger charge is -2.12. The summed E-state index contributed by atoms with van der Waals surface area (Å²) < 4.78 is 1.12. The van der Waals surface area contributed by atoms with Gasteiger partial charge in [0, 0.05) is 4.47 Å². The third-order valence-electron chi connectivity index (χ3n) is 4.81. The van der Waals surface area contributed by atoms with Crippen LogP contribution in [0.3, 0.4) is 0 Å². The van der Waals surface area contributed by atoms with Crippen LogP contribution in [0.4, 0.5) is 0 Å². The number of benzene rings is 4. The van der Waals surface area contributed by atoms with Crippen molar-refractivity contribution in [2.45, 2.75) is 13.8 Å². The number of fused-ring (bicyclic) bond motifs is 1. The van der Waals surface area contributed by atoms with Gasteiger partial charge in [-0.15, -0.1) is 0 Å². The fourth-order valence-corrected chi connectivity index (χ4v) is 3.74. The summed E-state index contributed by atoms with van der Waals surface area (Å²) in [5.74, 6) is 0. The zero-order chi connectivity index (χ0) is 17.4. The monoisotopic (exact) mass is 386 g/mol. The number of rotatable bonds is 2. The van der Waals surface area contributed by atoms with Crippen LogP contribution in [-0.2, 0) is 0 Å². The summed E-state index contributed by atoms with van der Waals surface area (Å²) in [4.78, 5) is 0. The smallest absolute Gasteiger partial charge is 0.0181 e. The van der Waals surface area contributed by atoms with Gasteiger partial charge in [-0.25, -0.2) is 0 Å². The molecule has 0 aliphatic carbocycles. The van der Waals surface area contributed by atoms with Gasteiger partial charge in [0.2, 0.25) is 0 Å². The first kappa shape index (κ1) is 16.1. The fourth-order valence-electron chi connectivity index (χ4n) is 3.36. The Balaban J connectivity index is 1.85. The third-order valence-corrected chi connectivity index (χ3v) is 5.30. The highest BCUT2D eigenvalue weighted by molar-refractivity contribution is 9.10. The highest BCUT2D eigenvalue weighted by Gasteiger charge is 2.08. The summed E-state index contributed by atoms with van der Waals surface area (Å²) in [5, 5.41) is 2.52. The Labute approximate surface area is 157 Å². The minimum atomic E-state index is 1.12. The predicted molar refractivity (Wildman–Crippen MR) is 112 cm³/mol. The van der Waals surface area contributed by atoms with E-state index in [9.17, 15) is 0 Å². The van der Waals surface area contributed by atoms with Crippen LogP contribution in [-0.4, -0.2) is 0 Å². The second kappa shape index (κ2) is 6.50. The summed E-state index contributed by atoms with van der Waals surface area (Å²) in [7, 11) is 0. The van der Waals surface area contributed by atoms with Gasteiger partial charge in [0.05, 0.1) is 0 Å². The van der Waals surface area contributed by atoms with Gasteiger partial charge in [-0.3, -0.25) is 0 Å². The highest BCUT2D eigenvalue weighted by atomic mass is 79.9. The van der Waals surface area contributed by atoms with Crippen LogP contribution in [0.25, 0.3) is 33.0 Å². The molecular weight excluding hydrogens is 368 g/mol. The molecule has 0 N–H and O–H groups in total. The lowest BCUT2D eigenvalue weighted by atomic mass is 9.92. The minimum Gasteiger partial charge on any atom is -0.0620 e. The molecule has 25 heavy (non-hydrogen) atoms. The van der Waals surface area contributed by atoms with E-state index >= 15 is 0 Å². The molecule has 0 atom stereocenters. The second-order valence-corrected chi connectivity index (χ2v) is 7.47. The van der Waals surface area contributed by atoms with Gasteiger partial charge in [0.15, 0.2) is 0 Å². The number of hydrogen-bond acceptors (Lipinski definition) is 0. The highest BCUT2D eigenvalue weighted by Crippen LogP contribution is 2.32. The van der Waals surface area contributed by atoms with Crippen molar-refractivity contribution in [3.63, 3.8) is 0 Å². The molecule has 4 rings (SSSR count). The van der Waals surface area contributed by atoms with E-state index in [4.69, 9.17) is 0 Å². The Bertz CT molecular complexity index is 1080. The second-order valence-electron chi connectivity index (χ2n) is 6.55. The zero-order valence-corrected chi connectivity index (χ0v) is 16.0. The summed E-state index contributed by atoms with van der Waals surface area (Å²) >= 11 is 3.55. The molecule has 0 aliphatic heterocycles. The average molecular weight is 387 g/mol. The maximum absolute atomic E-state index is 3.55. The van der Waals surface area contributed by atoms with Crippen molar-refractivity contribution < 1.29 is 0 Å². The molecule has 0 radical (unpaired) electrons. The van der Waals surface area contributed by atoms with Gasteiger partial charge in [-0.05, 0) is 82.3 Å². The van der Waals surface area contributed by atoms with E-state index in [1.807, 2.05) is 0 Å². The number of hydrogen-bond donors (Lipinski definition) is 0. The lowest BCUT2D eigenvalue weighted by Crippen LogP contribution is -1.88. The van der Waals surface area contributed by atoms with Gasteiger partial charge < -0.3 is 0 Å². The van der Waals surface area contributed by atoms with Crippen LogP contribution < -0.4 is 0 Å². The van der Waals surface area contributed by atoms with Crippen LogP contribution in [0.2, 0.25) is 0 Å². The molecule has 0 nitrogen and oxygen atoms in total. The molecule has 4 aromatic carbocycles. The molecule has 4 aromatic rings. The number of aryl methyl sites for hydroxylation is 2. The summed E-state index contributed by atoms with van der Waals surface area (Å²) in [5.41, 5.74) is 7.75. The van der Waals surface area contributed by atoms with Gasteiger partial charge in [-0.2, -0.15) is 0 Å². The molecule has 0 fully saturated rings. The molecule has 0 aromatic heterocycles. The van der Waals surface area contributed by atoms with E-state index in [0.717, 1.165) is 4.47 Å². The first-order valence-corrected chi connectivity index (χ1v) is 9.27. The topological polar surface area (TPSA) is 0 Å². The van der Waals surface area contributed by atoms with E-state index < -0.39 is 0 Å². The average Bonchev–Trinajstić information content (AvgIpc) is 2.62. The molecule has 0 unspecified atom stereocenters. The Morgan fingerprint density at radius 1 is 0.560 bits per heavy atom. The molecule has 122 valence electrons. The van der Waals surface area contributed by atoms with Gasteiger partial charge in [0.1, 0.15) is 0 Å². The van der Waals surface area contributed by atoms with E-state index in [1.165, 1.54) is 44.2 Å². The first-order valence-electron chi connectivity index (χ1n) is 8.48. The quantitative estimate of drug-likeness (QED) is 0.333. The van der Waals surface area contributed by atoms with Gasteiger partial charge >= 0.3 is 0 Å². The predicted octanol–water partition coefficient (Wildman–Crippen LogP) is 7.55. The van der Waals surface area contributed by atoms with Gasteiger partial charge in [-0.1, -0.05) is 70.5 Å². The van der Waals surface area contributed by atoms with Crippen molar-refractivity contribution in [2.24, 2.45) is 0 Å². The van der Waals surface area contributed by atoms with E-state index in [0.29, 0.717) is 0 Å². The molecule has 1 heteroatoms. The van der Waals surface area contributed by atoms with Gasteiger partial charge in [0.25, 0.3) is 0 Å².